The van der Waals surface area contributed by atoms with Crippen molar-refractivity contribution >= 4 is 16.5 Å². The Labute approximate surface area is 92.1 Å². The zero-order valence-electron chi connectivity index (χ0n) is 7.78. The third kappa shape index (κ3) is 2.51. The summed E-state index contributed by atoms with van der Waals surface area (Å²) in [7, 11) is 0. The second-order valence-corrected chi connectivity index (χ2v) is 3.87. The molecule has 16 heavy (non-hydrogen) atoms. The monoisotopic (exact) mass is 249 g/mol. The number of nitrogens with zero attached hydrogens (tertiary/aromatic N) is 2. The quantitative estimate of drug-likeness (QED) is 0.908. The summed E-state index contributed by atoms with van der Waals surface area (Å²) in [6, 6.07) is 1.71. The van der Waals surface area contributed by atoms with E-state index >= 15 is 0 Å². The second kappa shape index (κ2) is 4.12. The van der Waals surface area contributed by atoms with Crippen LogP contribution < -0.4 is 5.32 Å². The Bertz CT molecular complexity index is 451. The Hall–Kier alpha value is -1.57. The number of alkyl halides is 3. The third-order valence-corrected chi connectivity index (χ3v) is 2.62. The predicted molar refractivity (Wildman–Crippen MR) is 50.9 cm³/mol. The highest BCUT2D eigenvalue weighted by molar-refractivity contribution is 7.15. The molecule has 0 aliphatic rings. The molecule has 0 spiro atoms. The first kappa shape index (κ1) is 10.9. The molecule has 1 N–H and O–H groups in total. The van der Waals surface area contributed by atoms with E-state index in [2.05, 4.69) is 15.5 Å². The van der Waals surface area contributed by atoms with Crippen molar-refractivity contribution in [2.45, 2.75) is 12.7 Å². The Morgan fingerprint density at radius 1 is 1.38 bits per heavy atom. The molecule has 86 valence electrons. The molecule has 0 aliphatic carbocycles. The molecule has 4 nitrogen and oxygen atoms in total. The maximum absolute atomic E-state index is 12.2. The fourth-order valence-corrected chi connectivity index (χ4v) is 1.59. The Morgan fingerprint density at radius 3 is 2.75 bits per heavy atom. The molecule has 0 radical (unpaired) electrons. The molecule has 0 atom stereocenters. The maximum Gasteiger partial charge on any atom is 0.445 e. The van der Waals surface area contributed by atoms with Gasteiger partial charge in [0.15, 0.2) is 0 Å². The van der Waals surface area contributed by atoms with Gasteiger partial charge >= 0.3 is 6.18 Å². The Kier molecular flexibility index (Phi) is 2.82. The van der Waals surface area contributed by atoms with Crippen LogP contribution in [0.25, 0.3) is 0 Å². The van der Waals surface area contributed by atoms with Gasteiger partial charge in [-0.2, -0.15) is 13.2 Å². The van der Waals surface area contributed by atoms with Crippen LogP contribution in [0.2, 0.25) is 0 Å². The zero-order valence-corrected chi connectivity index (χ0v) is 8.60. The van der Waals surface area contributed by atoms with Gasteiger partial charge in [-0.1, -0.05) is 11.3 Å². The molecule has 0 saturated carbocycles. The van der Waals surface area contributed by atoms with Crippen LogP contribution in [-0.4, -0.2) is 10.2 Å². The van der Waals surface area contributed by atoms with Gasteiger partial charge in [0, 0.05) is 12.1 Å². The minimum atomic E-state index is -4.44. The number of hydrogen-bond donors (Lipinski definition) is 1. The highest BCUT2D eigenvalue weighted by atomic mass is 32.1. The molecule has 2 aromatic heterocycles. The van der Waals surface area contributed by atoms with E-state index in [9.17, 15) is 13.2 Å². The summed E-state index contributed by atoms with van der Waals surface area (Å²) in [5.41, 5.74) is 0.823. The van der Waals surface area contributed by atoms with Crippen LogP contribution in [-0.2, 0) is 12.7 Å². The highest BCUT2D eigenvalue weighted by Gasteiger charge is 2.35. The number of hydrogen-bond acceptors (Lipinski definition) is 5. The van der Waals surface area contributed by atoms with E-state index in [0.29, 0.717) is 17.9 Å². The summed E-state index contributed by atoms with van der Waals surface area (Å²) in [4.78, 5) is 0. The largest absolute Gasteiger partial charge is 0.472 e. The van der Waals surface area contributed by atoms with Crippen molar-refractivity contribution in [2.75, 3.05) is 5.32 Å². The van der Waals surface area contributed by atoms with E-state index in [1.54, 1.807) is 6.07 Å². The predicted octanol–water partition coefficient (Wildman–Crippen LogP) is 2.76. The summed E-state index contributed by atoms with van der Waals surface area (Å²) in [6.45, 7) is 0.350. The van der Waals surface area contributed by atoms with Crippen molar-refractivity contribution in [1.29, 1.82) is 0 Å². The molecular weight excluding hydrogens is 243 g/mol. The number of nitrogens with one attached hydrogen (secondary N) is 1. The van der Waals surface area contributed by atoms with Crippen LogP contribution in [0.1, 0.15) is 10.6 Å². The highest BCUT2D eigenvalue weighted by Crippen LogP contribution is 2.33. The molecule has 0 amide bonds. The summed E-state index contributed by atoms with van der Waals surface area (Å²) >= 11 is 0.473. The molecule has 0 unspecified atom stereocenters. The SMILES string of the molecule is FC(F)(F)c1nnc(NCc2ccoc2)s1. The van der Waals surface area contributed by atoms with Crippen molar-refractivity contribution in [1.82, 2.24) is 10.2 Å². The lowest BCUT2D eigenvalue weighted by Crippen LogP contribution is -2.03. The van der Waals surface area contributed by atoms with Crippen molar-refractivity contribution in [3.8, 4) is 0 Å². The zero-order chi connectivity index (χ0) is 11.6. The lowest BCUT2D eigenvalue weighted by Gasteiger charge is -1.98. The normalized spacial score (nSPS) is 11.7. The lowest BCUT2D eigenvalue weighted by molar-refractivity contribution is -0.138. The molecule has 2 rings (SSSR count). The molecular formula is C8H6F3N3OS. The van der Waals surface area contributed by atoms with Crippen LogP contribution >= 0.6 is 11.3 Å². The van der Waals surface area contributed by atoms with Gasteiger partial charge < -0.3 is 9.73 Å². The van der Waals surface area contributed by atoms with E-state index in [1.165, 1.54) is 12.5 Å². The van der Waals surface area contributed by atoms with Gasteiger partial charge in [-0.3, -0.25) is 0 Å². The van der Waals surface area contributed by atoms with E-state index in [1.807, 2.05) is 0 Å². The van der Waals surface area contributed by atoms with Gasteiger partial charge in [-0.15, -0.1) is 10.2 Å². The minimum absolute atomic E-state index is 0.133. The molecule has 0 fully saturated rings. The number of rotatable bonds is 3. The average molecular weight is 249 g/mol. The summed E-state index contributed by atoms with van der Waals surface area (Å²) in [6.07, 6.45) is -1.45. The molecule has 0 saturated heterocycles. The molecule has 2 aromatic rings. The Morgan fingerprint density at radius 2 is 2.19 bits per heavy atom. The van der Waals surface area contributed by atoms with Gasteiger partial charge in [0.1, 0.15) is 0 Å². The Balaban J connectivity index is 1.98. The first-order valence-corrected chi connectivity index (χ1v) is 5.03. The van der Waals surface area contributed by atoms with E-state index < -0.39 is 11.2 Å². The van der Waals surface area contributed by atoms with Crippen molar-refractivity contribution < 1.29 is 17.6 Å². The first-order valence-electron chi connectivity index (χ1n) is 4.21. The standard InChI is InChI=1S/C8H6F3N3OS/c9-8(10,11)6-13-14-7(16-6)12-3-5-1-2-15-4-5/h1-2,4H,3H2,(H,12,14). The van der Waals surface area contributed by atoms with Crippen LogP contribution in [0.4, 0.5) is 18.3 Å². The maximum atomic E-state index is 12.2. The molecule has 0 aromatic carbocycles. The van der Waals surface area contributed by atoms with Gasteiger partial charge in [0.2, 0.25) is 10.1 Å². The van der Waals surface area contributed by atoms with Gasteiger partial charge in [0.25, 0.3) is 0 Å². The van der Waals surface area contributed by atoms with E-state index in [-0.39, 0.29) is 5.13 Å². The minimum Gasteiger partial charge on any atom is -0.472 e. The lowest BCUT2D eigenvalue weighted by atomic mass is 10.3. The smallest absolute Gasteiger partial charge is 0.445 e. The summed E-state index contributed by atoms with van der Waals surface area (Å²) < 4.78 is 41.3. The number of anilines is 1. The van der Waals surface area contributed by atoms with Crippen molar-refractivity contribution in [3.05, 3.63) is 29.2 Å². The second-order valence-electron chi connectivity index (χ2n) is 2.90. The fraction of sp³-hybridized carbons (Fsp3) is 0.250. The van der Waals surface area contributed by atoms with Crippen LogP contribution in [0, 0.1) is 0 Å². The summed E-state index contributed by atoms with van der Waals surface area (Å²) in [5.74, 6) is 0. The average Bonchev–Trinajstić information content (AvgIpc) is 2.85. The number of halogens is 3. The van der Waals surface area contributed by atoms with Crippen LogP contribution in [0.3, 0.4) is 0 Å². The van der Waals surface area contributed by atoms with Gasteiger partial charge in [0.05, 0.1) is 12.5 Å². The van der Waals surface area contributed by atoms with Gasteiger partial charge in [-0.05, 0) is 6.07 Å². The van der Waals surface area contributed by atoms with Gasteiger partial charge in [-0.25, -0.2) is 0 Å². The van der Waals surface area contributed by atoms with E-state index in [0.717, 1.165) is 5.56 Å². The van der Waals surface area contributed by atoms with Crippen LogP contribution in [0.5, 0.6) is 0 Å². The molecule has 0 bridgehead atoms. The first-order chi connectivity index (χ1) is 7.55. The molecule has 0 aliphatic heterocycles. The van der Waals surface area contributed by atoms with E-state index in [4.69, 9.17) is 4.42 Å². The third-order valence-electron chi connectivity index (χ3n) is 1.69. The summed E-state index contributed by atoms with van der Waals surface area (Å²) in [5, 5.41) is 8.33. The van der Waals surface area contributed by atoms with Crippen LogP contribution in [0.15, 0.2) is 23.0 Å². The fourth-order valence-electron chi connectivity index (χ4n) is 0.980. The number of aromatic nitrogens is 2. The van der Waals surface area contributed by atoms with Crippen molar-refractivity contribution in [3.63, 3.8) is 0 Å². The topological polar surface area (TPSA) is 51.0 Å². The number of furan rings is 1. The molecule has 2 heterocycles. The van der Waals surface area contributed by atoms with Crippen molar-refractivity contribution in [2.24, 2.45) is 0 Å². The molecule has 8 heteroatoms.